The van der Waals surface area contributed by atoms with Gasteiger partial charge >= 0.3 is 10.1 Å². The van der Waals surface area contributed by atoms with Gasteiger partial charge in [0.05, 0.1) is 11.1 Å². The number of rotatable bonds is 8. The fourth-order valence-corrected chi connectivity index (χ4v) is 4.74. The summed E-state index contributed by atoms with van der Waals surface area (Å²) in [6.45, 7) is 3.83. The molecule has 3 aromatic carbocycles. The van der Waals surface area contributed by atoms with E-state index in [0.717, 1.165) is 5.56 Å². The Morgan fingerprint density at radius 2 is 1.89 bits per heavy atom. The second-order valence-corrected chi connectivity index (χ2v) is 10.1. The first-order valence-electron chi connectivity index (χ1n) is 10.3. The van der Waals surface area contributed by atoms with Crippen molar-refractivity contribution in [2.24, 2.45) is 0 Å². The van der Waals surface area contributed by atoms with Crippen LogP contribution in [0.1, 0.15) is 18.1 Å². The van der Waals surface area contributed by atoms with Crippen LogP contribution in [0.5, 0.6) is 11.5 Å². The van der Waals surface area contributed by atoms with Crippen molar-refractivity contribution in [1.29, 1.82) is 5.26 Å². The minimum atomic E-state index is -4.19. The summed E-state index contributed by atoms with van der Waals surface area (Å²) < 4.78 is 36.7. The van der Waals surface area contributed by atoms with Crippen LogP contribution in [0, 0.1) is 18.3 Å². The van der Waals surface area contributed by atoms with Crippen LogP contribution >= 0.6 is 27.5 Å². The number of anilines is 1. The van der Waals surface area contributed by atoms with E-state index in [9.17, 15) is 18.5 Å². The van der Waals surface area contributed by atoms with E-state index in [4.69, 9.17) is 20.5 Å². The lowest BCUT2D eigenvalue weighted by atomic mass is 10.1. The van der Waals surface area contributed by atoms with Crippen LogP contribution in [0.4, 0.5) is 5.69 Å². The highest BCUT2D eigenvalue weighted by Crippen LogP contribution is 2.39. The minimum Gasteiger partial charge on any atom is -0.490 e. The molecular weight excluding hydrogens is 556 g/mol. The highest BCUT2D eigenvalue weighted by Gasteiger charge is 2.22. The van der Waals surface area contributed by atoms with Crippen LogP contribution in [-0.4, -0.2) is 20.9 Å². The first-order chi connectivity index (χ1) is 16.6. The van der Waals surface area contributed by atoms with E-state index < -0.39 is 16.0 Å². The predicted molar refractivity (Wildman–Crippen MR) is 138 cm³/mol. The molecule has 0 aromatic heterocycles. The molecule has 0 unspecified atom stereocenters. The average Bonchev–Trinajstić information content (AvgIpc) is 2.80. The Bertz CT molecular complexity index is 1430. The normalized spacial score (nSPS) is 11.5. The number of nitrogens with zero attached hydrogens (tertiary/aromatic N) is 1. The SMILES string of the molecule is CCOc1cc(/C=C(\C#N)C(=O)Nc2cccc(C)c2)cc(Br)c1OS(=O)(=O)c1ccc(Cl)cc1. The summed E-state index contributed by atoms with van der Waals surface area (Å²) in [5.74, 6) is -0.540. The maximum Gasteiger partial charge on any atom is 0.339 e. The number of amides is 1. The summed E-state index contributed by atoms with van der Waals surface area (Å²) in [4.78, 5) is 12.5. The van der Waals surface area contributed by atoms with Crippen molar-refractivity contribution < 1.29 is 22.1 Å². The van der Waals surface area contributed by atoms with Crippen molar-refractivity contribution >= 4 is 55.3 Å². The summed E-state index contributed by atoms with van der Waals surface area (Å²) in [5.41, 5.74) is 1.79. The van der Waals surface area contributed by atoms with E-state index in [-0.39, 0.29) is 33.0 Å². The highest BCUT2D eigenvalue weighted by atomic mass is 79.9. The van der Waals surface area contributed by atoms with Gasteiger partial charge in [-0.05, 0) is 95.5 Å². The van der Waals surface area contributed by atoms with Gasteiger partial charge in [-0.25, -0.2) is 0 Å². The molecule has 0 aliphatic heterocycles. The molecule has 35 heavy (non-hydrogen) atoms. The molecule has 0 heterocycles. The van der Waals surface area contributed by atoms with Gasteiger partial charge in [-0.2, -0.15) is 13.7 Å². The lowest BCUT2D eigenvalue weighted by Gasteiger charge is -2.15. The topological polar surface area (TPSA) is 105 Å². The Morgan fingerprint density at radius 3 is 2.51 bits per heavy atom. The van der Waals surface area contributed by atoms with Crippen molar-refractivity contribution in [3.63, 3.8) is 0 Å². The van der Waals surface area contributed by atoms with E-state index in [2.05, 4.69) is 21.2 Å². The zero-order chi connectivity index (χ0) is 25.6. The van der Waals surface area contributed by atoms with Crippen LogP contribution in [0.3, 0.4) is 0 Å². The Kier molecular flexibility index (Phi) is 8.57. The van der Waals surface area contributed by atoms with E-state index in [1.165, 1.54) is 42.5 Å². The molecule has 0 saturated carbocycles. The molecule has 0 atom stereocenters. The monoisotopic (exact) mass is 574 g/mol. The third-order valence-electron chi connectivity index (χ3n) is 4.58. The van der Waals surface area contributed by atoms with Gasteiger partial charge in [-0.1, -0.05) is 23.7 Å². The van der Waals surface area contributed by atoms with Gasteiger partial charge in [0, 0.05) is 10.7 Å². The van der Waals surface area contributed by atoms with E-state index >= 15 is 0 Å². The highest BCUT2D eigenvalue weighted by molar-refractivity contribution is 9.10. The molecule has 7 nitrogen and oxygen atoms in total. The second kappa shape index (κ2) is 11.4. The molecule has 0 aliphatic carbocycles. The number of halogens is 2. The third-order valence-corrected chi connectivity index (χ3v) is 6.66. The zero-order valence-corrected chi connectivity index (χ0v) is 21.9. The molecule has 0 aliphatic rings. The predicted octanol–water partition coefficient (Wildman–Crippen LogP) is 6.12. The smallest absolute Gasteiger partial charge is 0.339 e. The quantitative estimate of drug-likeness (QED) is 0.197. The van der Waals surface area contributed by atoms with Gasteiger partial charge in [0.25, 0.3) is 5.91 Å². The van der Waals surface area contributed by atoms with Gasteiger partial charge in [0.1, 0.15) is 16.5 Å². The molecule has 180 valence electrons. The Hall–Kier alpha value is -3.32. The molecule has 1 N–H and O–H groups in total. The van der Waals surface area contributed by atoms with E-state index in [1.807, 2.05) is 19.1 Å². The lowest BCUT2D eigenvalue weighted by molar-refractivity contribution is -0.112. The number of benzene rings is 3. The fraction of sp³-hybridized carbons (Fsp3) is 0.120. The van der Waals surface area contributed by atoms with E-state index in [0.29, 0.717) is 16.3 Å². The largest absolute Gasteiger partial charge is 0.490 e. The number of nitrogens with one attached hydrogen (secondary N) is 1. The molecule has 0 radical (unpaired) electrons. The van der Waals surface area contributed by atoms with Crippen molar-refractivity contribution in [2.75, 3.05) is 11.9 Å². The standard InChI is InChI=1S/C25H20BrClN2O5S/c1-3-33-23-14-17(12-18(15-28)25(30)29-20-6-4-5-16(2)11-20)13-22(26)24(23)34-35(31,32)21-9-7-19(27)8-10-21/h4-14H,3H2,1-2H3,(H,29,30)/b18-12+. The summed E-state index contributed by atoms with van der Waals surface area (Å²) in [6.07, 6.45) is 1.37. The molecule has 3 aromatic rings. The van der Waals surface area contributed by atoms with Gasteiger partial charge in [0.2, 0.25) is 0 Å². The summed E-state index contributed by atoms with van der Waals surface area (Å²) in [5, 5.41) is 12.6. The summed E-state index contributed by atoms with van der Waals surface area (Å²) in [7, 11) is -4.19. The van der Waals surface area contributed by atoms with Crippen molar-refractivity contribution in [1.82, 2.24) is 0 Å². The number of hydrogen-bond donors (Lipinski definition) is 1. The van der Waals surface area contributed by atoms with Crippen molar-refractivity contribution in [3.8, 4) is 17.6 Å². The van der Waals surface area contributed by atoms with Gasteiger partial charge in [-0.3, -0.25) is 4.79 Å². The Labute approximate surface area is 217 Å². The van der Waals surface area contributed by atoms with Crippen molar-refractivity contribution in [2.45, 2.75) is 18.7 Å². The second-order valence-electron chi connectivity index (χ2n) is 7.25. The molecule has 10 heteroatoms. The van der Waals surface area contributed by atoms with E-state index in [1.54, 1.807) is 25.1 Å². The first-order valence-corrected chi connectivity index (χ1v) is 12.9. The van der Waals surface area contributed by atoms with Crippen LogP contribution < -0.4 is 14.2 Å². The van der Waals surface area contributed by atoms with Gasteiger partial charge in [0.15, 0.2) is 11.5 Å². The van der Waals surface area contributed by atoms with Crippen LogP contribution in [0.15, 0.2) is 75.6 Å². The van der Waals surface area contributed by atoms with Crippen LogP contribution in [0.2, 0.25) is 5.02 Å². The number of carbonyl (C=O) groups excluding carboxylic acids is 1. The first kappa shape index (κ1) is 26.3. The Morgan fingerprint density at radius 1 is 1.17 bits per heavy atom. The molecule has 0 fully saturated rings. The molecule has 0 spiro atoms. The summed E-state index contributed by atoms with van der Waals surface area (Å²) >= 11 is 9.15. The lowest BCUT2D eigenvalue weighted by Crippen LogP contribution is -2.13. The maximum absolute atomic E-state index is 12.8. The average molecular weight is 576 g/mol. The summed E-state index contributed by atoms with van der Waals surface area (Å²) in [6, 6.07) is 17.6. The molecule has 3 rings (SSSR count). The molecule has 0 bridgehead atoms. The van der Waals surface area contributed by atoms with Gasteiger partial charge in [-0.15, -0.1) is 0 Å². The third kappa shape index (κ3) is 6.85. The van der Waals surface area contributed by atoms with Gasteiger partial charge < -0.3 is 14.2 Å². The molecule has 1 amide bonds. The maximum atomic E-state index is 12.8. The van der Waals surface area contributed by atoms with Crippen LogP contribution in [-0.2, 0) is 14.9 Å². The number of ether oxygens (including phenoxy) is 1. The van der Waals surface area contributed by atoms with Crippen LogP contribution in [0.25, 0.3) is 6.08 Å². The van der Waals surface area contributed by atoms with Crippen molar-refractivity contribution in [3.05, 3.63) is 86.9 Å². The number of hydrogen-bond acceptors (Lipinski definition) is 6. The number of carbonyl (C=O) groups is 1. The molecule has 0 saturated heterocycles. The number of nitriles is 1. The number of aryl methyl sites for hydroxylation is 1. The molecular formula is C25H20BrClN2O5S. The fourth-order valence-electron chi connectivity index (χ4n) is 3.01. The Balaban J connectivity index is 1.94. The zero-order valence-electron chi connectivity index (χ0n) is 18.7. The minimum absolute atomic E-state index is 0.0679.